The second kappa shape index (κ2) is 17.2. The van der Waals surface area contributed by atoms with Crippen molar-refractivity contribution < 1.29 is 23.9 Å². The predicted molar refractivity (Wildman–Crippen MR) is 157 cm³/mol. The molecule has 0 heterocycles. The fourth-order valence-electron chi connectivity index (χ4n) is 4.26. The molecule has 0 amide bonds. The summed E-state index contributed by atoms with van der Waals surface area (Å²) in [5.74, 6) is -0.986. The zero-order chi connectivity index (χ0) is 28.4. The van der Waals surface area contributed by atoms with E-state index < -0.39 is 11.9 Å². The molecule has 0 saturated heterocycles. The zero-order valence-corrected chi connectivity index (χ0v) is 22.9. The summed E-state index contributed by atoms with van der Waals surface area (Å²) in [5.41, 5.74) is 4.05. The van der Waals surface area contributed by atoms with Crippen molar-refractivity contribution in [2.45, 2.75) is 44.4 Å². The van der Waals surface area contributed by atoms with Crippen molar-refractivity contribution in [1.29, 1.82) is 0 Å². The second-order valence-corrected chi connectivity index (χ2v) is 9.36. The van der Waals surface area contributed by atoms with Crippen LogP contribution in [0.25, 0.3) is 0 Å². The first-order chi connectivity index (χ1) is 19.5. The first kappa shape index (κ1) is 30.0. The maximum atomic E-state index is 12.2. The van der Waals surface area contributed by atoms with Crippen molar-refractivity contribution in [3.05, 3.63) is 144 Å². The molecule has 0 aromatic heterocycles. The van der Waals surface area contributed by atoms with Crippen molar-refractivity contribution >= 4 is 17.9 Å². The number of methoxy groups -OCH3 is 1. The Balaban J connectivity index is 0.000000307. The summed E-state index contributed by atoms with van der Waals surface area (Å²) in [6.07, 6.45) is 3.96. The van der Waals surface area contributed by atoms with Gasteiger partial charge in [-0.05, 0) is 60.4 Å². The number of esters is 3. The fraction of sp³-hybridized carbons (Fsp3) is 0.229. The first-order valence-electron chi connectivity index (χ1n) is 13.5. The number of carbonyl (C=O) groups excluding carboxylic acids is 3. The molecule has 0 fully saturated rings. The molecule has 0 bridgehead atoms. The number of ether oxygens (including phenoxy) is 2. The van der Waals surface area contributed by atoms with Gasteiger partial charge in [-0.25, -0.2) is 4.79 Å². The van der Waals surface area contributed by atoms with Gasteiger partial charge in [-0.3, -0.25) is 9.59 Å². The van der Waals surface area contributed by atoms with Gasteiger partial charge in [0.1, 0.15) is 0 Å². The van der Waals surface area contributed by atoms with Crippen molar-refractivity contribution in [3.63, 3.8) is 0 Å². The molecular weight excluding hydrogens is 500 g/mol. The van der Waals surface area contributed by atoms with Crippen LogP contribution in [-0.4, -0.2) is 25.0 Å². The number of aryl methyl sites for hydroxylation is 2. The Labute approximate surface area is 236 Å². The molecule has 1 unspecified atom stereocenters. The Morgan fingerprint density at radius 2 is 1.07 bits per heavy atom. The lowest BCUT2D eigenvalue weighted by Crippen LogP contribution is -2.14. The van der Waals surface area contributed by atoms with Crippen LogP contribution in [0.15, 0.2) is 121 Å². The van der Waals surface area contributed by atoms with E-state index in [9.17, 15) is 14.4 Å². The van der Waals surface area contributed by atoms with Crippen LogP contribution in [0.3, 0.4) is 0 Å². The molecule has 0 aliphatic heterocycles. The predicted octanol–water partition coefficient (Wildman–Crippen LogP) is 7.36. The van der Waals surface area contributed by atoms with Crippen molar-refractivity contribution in [2.75, 3.05) is 7.11 Å². The average molecular weight is 537 g/mol. The molecule has 0 aliphatic rings. The zero-order valence-electron chi connectivity index (χ0n) is 22.9. The second-order valence-electron chi connectivity index (χ2n) is 9.36. The molecule has 4 aromatic rings. The van der Waals surface area contributed by atoms with Gasteiger partial charge >= 0.3 is 17.9 Å². The highest BCUT2D eigenvalue weighted by atomic mass is 16.6. The quantitative estimate of drug-likeness (QED) is 0.148. The summed E-state index contributed by atoms with van der Waals surface area (Å²) in [6.45, 7) is 0. The molecule has 0 N–H and O–H groups in total. The van der Waals surface area contributed by atoms with Crippen LogP contribution in [0.4, 0.5) is 0 Å². The summed E-state index contributed by atoms with van der Waals surface area (Å²) in [7, 11) is 1.41. The highest BCUT2D eigenvalue weighted by molar-refractivity contribution is 5.96. The third-order valence-corrected chi connectivity index (χ3v) is 6.50. The Morgan fingerprint density at radius 1 is 0.575 bits per heavy atom. The number of hydrogen-bond donors (Lipinski definition) is 0. The summed E-state index contributed by atoms with van der Waals surface area (Å²) < 4.78 is 9.54. The van der Waals surface area contributed by atoms with Crippen LogP contribution in [0.1, 0.15) is 58.6 Å². The van der Waals surface area contributed by atoms with Gasteiger partial charge in [0.2, 0.25) is 0 Å². The number of hydrogen-bond acceptors (Lipinski definition) is 5. The van der Waals surface area contributed by atoms with Gasteiger partial charge in [-0.15, -0.1) is 0 Å². The van der Waals surface area contributed by atoms with Crippen LogP contribution >= 0.6 is 0 Å². The molecule has 1 atom stereocenters. The maximum Gasteiger partial charge on any atom is 0.345 e. The molecule has 0 aliphatic carbocycles. The molecule has 5 nitrogen and oxygen atoms in total. The van der Waals surface area contributed by atoms with E-state index in [2.05, 4.69) is 29.0 Å². The van der Waals surface area contributed by atoms with Gasteiger partial charge in [-0.2, -0.15) is 0 Å². The van der Waals surface area contributed by atoms with E-state index in [0.29, 0.717) is 18.4 Å². The van der Waals surface area contributed by atoms with Crippen LogP contribution in [0, 0.1) is 0 Å². The summed E-state index contributed by atoms with van der Waals surface area (Å²) in [4.78, 5) is 35.0. The summed E-state index contributed by atoms with van der Waals surface area (Å²) in [6, 6.07) is 39.0. The molecule has 0 radical (unpaired) electrons. The monoisotopic (exact) mass is 536 g/mol. The molecule has 206 valence electrons. The molecule has 0 saturated carbocycles. The van der Waals surface area contributed by atoms with Crippen LogP contribution in [-0.2, 0) is 31.9 Å². The smallest absolute Gasteiger partial charge is 0.345 e. The van der Waals surface area contributed by atoms with Crippen molar-refractivity contribution in [1.82, 2.24) is 0 Å². The molecule has 0 spiro atoms. The summed E-state index contributed by atoms with van der Waals surface area (Å²) in [5, 5.41) is 0. The lowest BCUT2D eigenvalue weighted by Gasteiger charge is -2.17. The molecule has 4 aromatic carbocycles. The van der Waals surface area contributed by atoms with Crippen molar-refractivity contribution in [2.24, 2.45) is 0 Å². The van der Waals surface area contributed by atoms with Gasteiger partial charge in [-0.1, -0.05) is 109 Å². The van der Waals surface area contributed by atoms with Crippen LogP contribution in [0.2, 0.25) is 0 Å². The minimum Gasteiger partial charge on any atom is -0.469 e. The van der Waals surface area contributed by atoms with E-state index in [1.54, 1.807) is 24.3 Å². The normalized spacial score (nSPS) is 10.9. The SMILES string of the molecule is COC(=O)CCc1ccccc1.O=C(CCC(CCc1ccccc1)c1ccccc1)OC(=O)c1ccccc1. The Bertz CT molecular complexity index is 1290. The minimum atomic E-state index is -0.592. The maximum absolute atomic E-state index is 12.2. The standard InChI is InChI=1S/C25H24O3.C10H12O2/c26-24(28-25(27)23-14-8-3-9-15-23)19-18-22(21-12-6-2-7-13-21)17-16-20-10-4-1-5-11-20;1-12-10(11)8-7-9-5-3-2-4-6-9/h1-15,22H,16-19H2;2-6H,7-8H2,1H3. The Kier molecular flexibility index (Phi) is 12.9. The average Bonchev–Trinajstić information content (AvgIpc) is 3.02. The van der Waals surface area contributed by atoms with E-state index in [4.69, 9.17) is 4.74 Å². The van der Waals surface area contributed by atoms with Crippen molar-refractivity contribution in [3.8, 4) is 0 Å². The van der Waals surface area contributed by atoms with Crippen LogP contribution in [0.5, 0.6) is 0 Å². The molecule has 40 heavy (non-hydrogen) atoms. The van der Waals surface area contributed by atoms with E-state index in [1.165, 1.54) is 23.8 Å². The highest BCUT2D eigenvalue weighted by Crippen LogP contribution is 2.27. The van der Waals surface area contributed by atoms with Gasteiger partial charge < -0.3 is 9.47 Å². The third-order valence-electron chi connectivity index (χ3n) is 6.50. The largest absolute Gasteiger partial charge is 0.469 e. The van der Waals surface area contributed by atoms with Crippen LogP contribution < -0.4 is 0 Å². The van der Waals surface area contributed by atoms with E-state index in [1.807, 2.05) is 72.8 Å². The number of benzene rings is 4. The summed E-state index contributed by atoms with van der Waals surface area (Å²) >= 11 is 0. The molecule has 5 heteroatoms. The van der Waals surface area contributed by atoms with Gasteiger partial charge in [0.05, 0.1) is 12.7 Å². The Hall–Kier alpha value is -4.51. The third kappa shape index (κ3) is 11.1. The fourth-order valence-corrected chi connectivity index (χ4v) is 4.26. The lowest BCUT2D eigenvalue weighted by atomic mass is 9.88. The Morgan fingerprint density at radius 3 is 1.62 bits per heavy atom. The number of rotatable bonds is 11. The van der Waals surface area contributed by atoms with Gasteiger partial charge in [0.15, 0.2) is 0 Å². The van der Waals surface area contributed by atoms with Gasteiger partial charge in [0, 0.05) is 12.8 Å². The lowest BCUT2D eigenvalue weighted by molar-refractivity contribution is -0.140. The van der Waals surface area contributed by atoms with E-state index in [-0.39, 0.29) is 18.3 Å². The van der Waals surface area contributed by atoms with E-state index in [0.717, 1.165) is 19.3 Å². The van der Waals surface area contributed by atoms with Gasteiger partial charge in [0.25, 0.3) is 0 Å². The minimum absolute atomic E-state index is 0.154. The number of carbonyl (C=O) groups is 3. The molecule has 4 rings (SSSR count). The topological polar surface area (TPSA) is 69.7 Å². The highest BCUT2D eigenvalue weighted by Gasteiger charge is 2.17. The molecular formula is C35H36O5. The van der Waals surface area contributed by atoms with E-state index >= 15 is 0 Å². The first-order valence-corrected chi connectivity index (χ1v) is 13.5.